The van der Waals surface area contributed by atoms with Crippen LogP contribution < -0.4 is 5.73 Å². The van der Waals surface area contributed by atoms with Gasteiger partial charge in [0, 0.05) is 25.4 Å². The molecule has 1 aromatic heterocycles. The fourth-order valence-electron chi connectivity index (χ4n) is 1.96. The minimum absolute atomic E-state index is 0.0773. The highest BCUT2D eigenvalue weighted by Crippen LogP contribution is 2.34. The summed E-state index contributed by atoms with van der Waals surface area (Å²) in [4.78, 5) is 4.05. The van der Waals surface area contributed by atoms with E-state index < -0.39 is 11.7 Å². The Balaban J connectivity index is 2.63. The zero-order valence-corrected chi connectivity index (χ0v) is 10.4. The van der Waals surface area contributed by atoms with E-state index in [1.165, 1.54) is 23.0 Å². The van der Waals surface area contributed by atoms with Crippen molar-refractivity contribution in [3.63, 3.8) is 0 Å². The first kappa shape index (κ1) is 13.6. The Morgan fingerprint density at radius 2 is 2.05 bits per heavy atom. The molecular weight excluding hydrogens is 255 g/mol. The van der Waals surface area contributed by atoms with Gasteiger partial charge in [-0.2, -0.15) is 13.2 Å². The molecule has 102 valence electrons. The van der Waals surface area contributed by atoms with E-state index in [2.05, 4.69) is 4.98 Å². The molecule has 1 aromatic carbocycles. The van der Waals surface area contributed by atoms with Crippen LogP contribution in [0.1, 0.15) is 23.9 Å². The van der Waals surface area contributed by atoms with Gasteiger partial charge in [0.05, 0.1) is 11.3 Å². The molecule has 0 fully saturated rings. The van der Waals surface area contributed by atoms with Gasteiger partial charge in [-0.25, -0.2) is 4.98 Å². The molecule has 0 spiro atoms. The molecule has 6 heteroatoms. The van der Waals surface area contributed by atoms with E-state index in [1.54, 1.807) is 6.07 Å². The summed E-state index contributed by atoms with van der Waals surface area (Å²) in [5.74, 6) is 0.589. The van der Waals surface area contributed by atoms with Crippen LogP contribution in [0.4, 0.5) is 13.2 Å². The molecule has 2 aromatic rings. The van der Waals surface area contributed by atoms with Gasteiger partial charge in [0.15, 0.2) is 0 Å². The molecular formula is C13H14F3N3. The van der Waals surface area contributed by atoms with Gasteiger partial charge in [-0.3, -0.25) is 0 Å². The maximum atomic E-state index is 13.1. The average Bonchev–Trinajstić information content (AvgIpc) is 2.85. The predicted molar refractivity (Wildman–Crippen MR) is 65.8 cm³/mol. The lowest BCUT2D eigenvalue weighted by Crippen LogP contribution is -2.13. The van der Waals surface area contributed by atoms with Gasteiger partial charge in [-0.1, -0.05) is 13.0 Å². The van der Waals surface area contributed by atoms with E-state index >= 15 is 0 Å². The van der Waals surface area contributed by atoms with Gasteiger partial charge in [-0.15, -0.1) is 0 Å². The third-order valence-corrected chi connectivity index (χ3v) is 2.90. The van der Waals surface area contributed by atoms with Crippen LogP contribution in [-0.4, -0.2) is 9.55 Å². The number of nitrogens with zero attached hydrogens (tertiary/aromatic N) is 2. The monoisotopic (exact) mass is 269 g/mol. The van der Waals surface area contributed by atoms with Crippen LogP contribution in [-0.2, 0) is 19.1 Å². The number of aryl methyl sites for hydroxylation is 1. The summed E-state index contributed by atoms with van der Waals surface area (Å²) in [6, 6.07) is 4.13. The fraction of sp³-hybridized carbons (Fsp3) is 0.308. The van der Waals surface area contributed by atoms with Crippen molar-refractivity contribution in [3.05, 3.63) is 47.5 Å². The quantitative estimate of drug-likeness (QED) is 0.931. The van der Waals surface area contributed by atoms with Gasteiger partial charge >= 0.3 is 6.18 Å². The van der Waals surface area contributed by atoms with Crippen LogP contribution in [0.25, 0.3) is 5.69 Å². The molecule has 2 N–H and O–H groups in total. The normalized spacial score (nSPS) is 11.8. The maximum Gasteiger partial charge on any atom is 0.418 e. The van der Waals surface area contributed by atoms with E-state index in [4.69, 9.17) is 5.73 Å². The second-order valence-corrected chi connectivity index (χ2v) is 4.12. The van der Waals surface area contributed by atoms with Crippen molar-refractivity contribution < 1.29 is 13.2 Å². The van der Waals surface area contributed by atoms with Crippen molar-refractivity contribution in [2.24, 2.45) is 5.73 Å². The molecule has 0 bridgehead atoms. The van der Waals surface area contributed by atoms with Crippen molar-refractivity contribution in [3.8, 4) is 5.69 Å². The van der Waals surface area contributed by atoms with Crippen molar-refractivity contribution in [1.29, 1.82) is 0 Å². The van der Waals surface area contributed by atoms with Crippen molar-refractivity contribution in [2.75, 3.05) is 0 Å². The first-order chi connectivity index (χ1) is 8.97. The standard InChI is InChI=1S/C13H14F3N3/c1-2-12-18-5-6-19(12)11-4-3-9(8-17)7-10(11)13(14,15)16/h3-7H,2,8,17H2,1H3. The smallest absolute Gasteiger partial charge is 0.326 e. The van der Waals surface area contributed by atoms with Crippen LogP contribution in [0, 0.1) is 0 Å². The summed E-state index contributed by atoms with van der Waals surface area (Å²) in [7, 11) is 0. The first-order valence-corrected chi connectivity index (χ1v) is 5.90. The lowest BCUT2D eigenvalue weighted by molar-refractivity contribution is -0.137. The Bertz CT molecular complexity index is 573. The fourth-order valence-corrected chi connectivity index (χ4v) is 1.96. The third kappa shape index (κ3) is 2.63. The minimum atomic E-state index is -4.42. The largest absolute Gasteiger partial charge is 0.418 e. The average molecular weight is 269 g/mol. The Kier molecular flexibility index (Phi) is 3.61. The lowest BCUT2D eigenvalue weighted by atomic mass is 10.1. The van der Waals surface area contributed by atoms with E-state index in [1.807, 2.05) is 6.92 Å². The van der Waals surface area contributed by atoms with Crippen LogP contribution in [0.3, 0.4) is 0 Å². The second kappa shape index (κ2) is 5.05. The summed E-state index contributed by atoms with van der Waals surface area (Å²) in [6.45, 7) is 1.92. The molecule has 0 radical (unpaired) electrons. The Morgan fingerprint density at radius 1 is 1.32 bits per heavy atom. The predicted octanol–water partition coefficient (Wildman–Crippen LogP) is 2.91. The number of hydrogen-bond acceptors (Lipinski definition) is 2. The van der Waals surface area contributed by atoms with Crippen LogP contribution >= 0.6 is 0 Å². The molecule has 19 heavy (non-hydrogen) atoms. The van der Waals surface area contributed by atoms with Gasteiger partial charge in [-0.05, 0) is 17.7 Å². The molecule has 0 saturated heterocycles. The van der Waals surface area contributed by atoms with Crippen molar-refractivity contribution >= 4 is 0 Å². The molecule has 2 rings (SSSR count). The van der Waals surface area contributed by atoms with E-state index in [9.17, 15) is 13.2 Å². The lowest BCUT2D eigenvalue weighted by Gasteiger charge is -2.16. The second-order valence-electron chi connectivity index (χ2n) is 4.12. The van der Waals surface area contributed by atoms with Crippen LogP contribution in [0.5, 0.6) is 0 Å². The summed E-state index contributed by atoms with van der Waals surface area (Å²) < 4.78 is 40.8. The van der Waals surface area contributed by atoms with Gasteiger partial charge in [0.1, 0.15) is 5.82 Å². The van der Waals surface area contributed by atoms with Crippen molar-refractivity contribution in [1.82, 2.24) is 9.55 Å². The Hall–Kier alpha value is -1.82. The summed E-state index contributed by atoms with van der Waals surface area (Å²) in [5, 5.41) is 0. The van der Waals surface area contributed by atoms with Gasteiger partial charge in [0.2, 0.25) is 0 Å². The molecule has 0 saturated carbocycles. The number of halogens is 3. The molecule has 0 amide bonds. The van der Waals surface area contributed by atoms with Crippen LogP contribution in [0.2, 0.25) is 0 Å². The molecule has 0 atom stereocenters. The van der Waals surface area contributed by atoms with E-state index in [0.29, 0.717) is 17.8 Å². The van der Waals surface area contributed by atoms with Gasteiger partial charge in [0.25, 0.3) is 0 Å². The molecule has 1 heterocycles. The highest BCUT2D eigenvalue weighted by molar-refractivity contribution is 5.46. The number of imidazole rings is 1. The zero-order chi connectivity index (χ0) is 14.0. The minimum Gasteiger partial charge on any atom is -0.326 e. The SMILES string of the molecule is CCc1nccn1-c1ccc(CN)cc1C(F)(F)F. The summed E-state index contributed by atoms with van der Waals surface area (Å²) >= 11 is 0. The highest BCUT2D eigenvalue weighted by atomic mass is 19.4. The number of alkyl halides is 3. The Labute approximate surface area is 108 Å². The van der Waals surface area contributed by atoms with E-state index in [-0.39, 0.29) is 12.2 Å². The molecule has 0 aliphatic carbocycles. The highest BCUT2D eigenvalue weighted by Gasteiger charge is 2.34. The molecule has 3 nitrogen and oxygen atoms in total. The number of aromatic nitrogens is 2. The number of rotatable bonds is 3. The summed E-state index contributed by atoms with van der Waals surface area (Å²) in [5.41, 5.74) is 5.24. The van der Waals surface area contributed by atoms with Crippen LogP contribution in [0.15, 0.2) is 30.6 Å². The molecule has 0 unspecified atom stereocenters. The summed E-state index contributed by atoms with van der Waals surface area (Å²) in [6.07, 6.45) is -0.833. The topological polar surface area (TPSA) is 43.8 Å². The Morgan fingerprint density at radius 3 is 2.63 bits per heavy atom. The molecule has 0 aliphatic rings. The number of nitrogens with two attached hydrogens (primary N) is 1. The first-order valence-electron chi connectivity index (χ1n) is 5.90. The van der Waals surface area contributed by atoms with Gasteiger partial charge < -0.3 is 10.3 Å². The van der Waals surface area contributed by atoms with E-state index in [0.717, 1.165) is 6.07 Å². The third-order valence-electron chi connectivity index (χ3n) is 2.90. The van der Waals surface area contributed by atoms with Crippen molar-refractivity contribution in [2.45, 2.75) is 26.1 Å². The maximum absolute atomic E-state index is 13.1. The zero-order valence-electron chi connectivity index (χ0n) is 10.4. The number of benzene rings is 1. The molecule has 0 aliphatic heterocycles. The number of hydrogen-bond donors (Lipinski definition) is 1.